The number of likely N-dealkylation sites (tertiary alicyclic amines) is 1. The highest BCUT2D eigenvalue weighted by molar-refractivity contribution is 5.76. The fraction of sp³-hybridized carbons (Fsp3) is 0.846. The molecule has 2 N–H and O–H groups in total. The van der Waals surface area contributed by atoms with Gasteiger partial charge in [0.2, 0.25) is 0 Å². The highest BCUT2D eigenvalue weighted by Gasteiger charge is 2.28. The number of carboxylic acid groups (broad SMARTS) is 1. The summed E-state index contributed by atoms with van der Waals surface area (Å²) in [5.41, 5.74) is 0. The van der Waals surface area contributed by atoms with Crippen LogP contribution in [0.3, 0.4) is 0 Å². The number of urea groups is 1. The third-order valence-electron chi connectivity index (χ3n) is 3.25. The monoisotopic (exact) mass is 288 g/mol. The summed E-state index contributed by atoms with van der Waals surface area (Å²) in [6.45, 7) is 2.48. The maximum absolute atomic E-state index is 12.0. The molecule has 2 amide bonds. The molecule has 1 unspecified atom stereocenters. The molecule has 0 aromatic carbocycles. The van der Waals surface area contributed by atoms with E-state index in [2.05, 4.69) is 5.32 Å². The zero-order valence-electron chi connectivity index (χ0n) is 12.0. The molecule has 1 atom stereocenters. The summed E-state index contributed by atoms with van der Waals surface area (Å²) in [5.74, 6) is -0.863. The number of rotatable bonds is 8. The van der Waals surface area contributed by atoms with Gasteiger partial charge in [0.1, 0.15) is 0 Å². The van der Waals surface area contributed by atoms with Crippen molar-refractivity contribution in [2.75, 3.05) is 40.0 Å². The second-order valence-corrected chi connectivity index (χ2v) is 4.78. The Morgan fingerprint density at radius 1 is 1.30 bits per heavy atom. The molecule has 0 spiro atoms. The number of carbonyl (C=O) groups is 2. The van der Waals surface area contributed by atoms with E-state index in [0.29, 0.717) is 32.9 Å². The number of carboxylic acids is 1. The molecular weight excluding hydrogens is 264 g/mol. The molecule has 1 aliphatic heterocycles. The third-order valence-corrected chi connectivity index (χ3v) is 3.25. The standard InChI is InChI=1S/C13H24N2O5/c1-19-8-9-20-7-5-14-13(18)15-6-3-2-4-11(15)10-12(16)17/h11H,2-10H2,1H3,(H,14,18)(H,16,17). The normalized spacial score (nSPS) is 18.9. The van der Waals surface area contributed by atoms with Crippen molar-refractivity contribution >= 4 is 12.0 Å². The maximum atomic E-state index is 12.0. The lowest BCUT2D eigenvalue weighted by molar-refractivity contribution is -0.138. The van der Waals surface area contributed by atoms with Crippen LogP contribution in [0.4, 0.5) is 4.79 Å². The van der Waals surface area contributed by atoms with Gasteiger partial charge in [0.25, 0.3) is 0 Å². The minimum atomic E-state index is -0.863. The number of methoxy groups -OCH3 is 1. The fourth-order valence-electron chi connectivity index (χ4n) is 2.26. The molecule has 1 rings (SSSR count). The number of aliphatic carboxylic acids is 1. The van der Waals surface area contributed by atoms with E-state index in [1.807, 2.05) is 0 Å². The Labute approximate surface area is 119 Å². The highest BCUT2D eigenvalue weighted by atomic mass is 16.5. The zero-order chi connectivity index (χ0) is 14.8. The molecule has 0 aromatic heterocycles. The average molecular weight is 288 g/mol. The van der Waals surface area contributed by atoms with Crippen molar-refractivity contribution in [3.8, 4) is 0 Å². The van der Waals surface area contributed by atoms with E-state index in [0.717, 1.165) is 19.3 Å². The Balaban J connectivity index is 2.26. The van der Waals surface area contributed by atoms with Crippen LogP contribution in [0, 0.1) is 0 Å². The van der Waals surface area contributed by atoms with Crippen molar-refractivity contribution in [2.24, 2.45) is 0 Å². The molecule has 1 aliphatic rings. The minimum absolute atomic E-state index is 0.0117. The van der Waals surface area contributed by atoms with Crippen molar-refractivity contribution in [3.63, 3.8) is 0 Å². The van der Waals surface area contributed by atoms with Gasteiger partial charge in [-0.05, 0) is 19.3 Å². The maximum Gasteiger partial charge on any atom is 0.317 e. The SMILES string of the molecule is COCCOCCNC(=O)N1CCCCC1CC(=O)O. The first-order valence-corrected chi connectivity index (χ1v) is 6.98. The van der Waals surface area contributed by atoms with E-state index in [1.54, 1.807) is 12.0 Å². The molecule has 20 heavy (non-hydrogen) atoms. The van der Waals surface area contributed by atoms with Crippen molar-refractivity contribution in [1.29, 1.82) is 0 Å². The predicted molar refractivity (Wildman–Crippen MR) is 72.7 cm³/mol. The Kier molecular flexibility index (Phi) is 7.98. The summed E-state index contributed by atoms with van der Waals surface area (Å²) >= 11 is 0. The topological polar surface area (TPSA) is 88.1 Å². The lowest BCUT2D eigenvalue weighted by Gasteiger charge is -2.34. The predicted octanol–water partition coefficient (Wildman–Crippen LogP) is 0.688. The lowest BCUT2D eigenvalue weighted by atomic mass is 10.00. The van der Waals surface area contributed by atoms with Crippen molar-refractivity contribution in [2.45, 2.75) is 31.7 Å². The van der Waals surface area contributed by atoms with Crippen LogP contribution in [-0.2, 0) is 14.3 Å². The molecule has 7 nitrogen and oxygen atoms in total. The molecule has 0 saturated carbocycles. The number of amides is 2. The van der Waals surface area contributed by atoms with E-state index >= 15 is 0 Å². The van der Waals surface area contributed by atoms with Crippen LogP contribution >= 0.6 is 0 Å². The van der Waals surface area contributed by atoms with E-state index in [4.69, 9.17) is 14.6 Å². The van der Waals surface area contributed by atoms with Crippen LogP contribution in [0.1, 0.15) is 25.7 Å². The molecule has 1 fully saturated rings. The van der Waals surface area contributed by atoms with Crippen LogP contribution in [0.25, 0.3) is 0 Å². The summed E-state index contributed by atoms with van der Waals surface area (Å²) in [4.78, 5) is 24.5. The van der Waals surface area contributed by atoms with E-state index in [1.165, 1.54) is 0 Å². The molecule has 0 aliphatic carbocycles. The number of nitrogens with one attached hydrogen (secondary N) is 1. The summed E-state index contributed by atoms with van der Waals surface area (Å²) in [7, 11) is 1.60. The van der Waals surface area contributed by atoms with E-state index in [-0.39, 0.29) is 18.5 Å². The number of ether oxygens (including phenoxy) is 2. The van der Waals surface area contributed by atoms with Gasteiger partial charge in [0, 0.05) is 26.2 Å². The van der Waals surface area contributed by atoms with Crippen molar-refractivity contribution in [3.05, 3.63) is 0 Å². The quantitative estimate of drug-likeness (QED) is 0.642. The van der Waals surface area contributed by atoms with E-state index < -0.39 is 5.97 Å². The Morgan fingerprint density at radius 2 is 2.10 bits per heavy atom. The number of nitrogens with zero attached hydrogens (tertiary/aromatic N) is 1. The van der Waals surface area contributed by atoms with Gasteiger partial charge in [0.05, 0.1) is 26.2 Å². The Hall–Kier alpha value is -1.34. The molecule has 0 bridgehead atoms. The van der Waals surface area contributed by atoms with Gasteiger partial charge in [-0.15, -0.1) is 0 Å². The molecule has 0 aromatic rings. The number of hydrogen-bond donors (Lipinski definition) is 2. The summed E-state index contributed by atoms with van der Waals surface area (Å²) in [5, 5.41) is 11.6. The molecule has 116 valence electrons. The highest BCUT2D eigenvalue weighted by Crippen LogP contribution is 2.19. The first kappa shape index (κ1) is 16.7. The summed E-state index contributed by atoms with van der Waals surface area (Å²) in [6.07, 6.45) is 2.66. The van der Waals surface area contributed by atoms with Gasteiger partial charge in [-0.25, -0.2) is 4.79 Å². The smallest absolute Gasteiger partial charge is 0.317 e. The molecule has 1 saturated heterocycles. The second kappa shape index (κ2) is 9.55. The lowest BCUT2D eigenvalue weighted by Crippen LogP contribution is -2.49. The van der Waals surface area contributed by atoms with Gasteiger partial charge in [-0.2, -0.15) is 0 Å². The number of piperidine rings is 1. The first-order chi connectivity index (χ1) is 9.65. The number of hydrogen-bond acceptors (Lipinski definition) is 4. The zero-order valence-corrected chi connectivity index (χ0v) is 12.0. The fourth-order valence-corrected chi connectivity index (χ4v) is 2.26. The molecular formula is C13H24N2O5. The van der Waals surface area contributed by atoms with Gasteiger partial charge in [0.15, 0.2) is 0 Å². The van der Waals surface area contributed by atoms with Crippen LogP contribution in [0.5, 0.6) is 0 Å². The Morgan fingerprint density at radius 3 is 2.80 bits per heavy atom. The molecule has 1 heterocycles. The van der Waals surface area contributed by atoms with Crippen molar-refractivity contribution in [1.82, 2.24) is 10.2 Å². The van der Waals surface area contributed by atoms with Gasteiger partial charge >= 0.3 is 12.0 Å². The molecule has 7 heteroatoms. The van der Waals surface area contributed by atoms with Crippen molar-refractivity contribution < 1.29 is 24.2 Å². The van der Waals surface area contributed by atoms with Crippen LogP contribution in [0.15, 0.2) is 0 Å². The van der Waals surface area contributed by atoms with Crippen LogP contribution in [0.2, 0.25) is 0 Å². The Bertz CT molecular complexity index is 311. The largest absolute Gasteiger partial charge is 0.481 e. The van der Waals surface area contributed by atoms with Crippen LogP contribution < -0.4 is 5.32 Å². The number of carbonyl (C=O) groups excluding carboxylic acids is 1. The summed E-state index contributed by atoms with van der Waals surface area (Å²) in [6, 6.07) is -0.401. The summed E-state index contributed by atoms with van der Waals surface area (Å²) < 4.78 is 10.1. The van der Waals surface area contributed by atoms with Crippen LogP contribution in [-0.4, -0.2) is 68.1 Å². The van der Waals surface area contributed by atoms with Gasteiger partial charge in [-0.1, -0.05) is 0 Å². The van der Waals surface area contributed by atoms with Gasteiger partial charge in [-0.3, -0.25) is 4.79 Å². The average Bonchev–Trinajstić information content (AvgIpc) is 2.42. The molecule has 0 radical (unpaired) electrons. The first-order valence-electron chi connectivity index (χ1n) is 6.98. The van der Waals surface area contributed by atoms with E-state index in [9.17, 15) is 9.59 Å². The minimum Gasteiger partial charge on any atom is -0.481 e. The second-order valence-electron chi connectivity index (χ2n) is 4.78. The third kappa shape index (κ3) is 6.21. The van der Waals surface area contributed by atoms with Gasteiger partial charge < -0.3 is 24.8 Å².